The first-order valence-corrected chi connectivity index (χ1v) is 8.77. The molecule has 0 bridgehead atoms. The van der Waals surface area contributed by atoms with Gasteiger partial charge in [0.2, 0.25) is 0 Å². The second-order valence-corrected chi connectivity index (χ2v) is 6.31. The van der Waals surface area contributed by atoms with Gasteiger partial charge in [-0.25, -0.2) is 9.97 Å². The fourth-order valence-electron chi connectivity index (χ4n) is 3.63. The lowest BCUT2D eigenvalue weighted by Crippen LogP contribution is -2.14. The van der Waals surface area contributed by atoms with Crippen molar-refractivity contribution in [3.63, 3.8) is 0 Å². The van der Waals surface area contributed by atoms with E-state index in [0.717, 1.165) is 43.9 Å². The molecule has 0 spiro atoms. The summed E-state index contributed by atoms with van der Waals surface area (Å²) in [4.78, 5) is 9.30. The molecule has 124 valence electrons. The first kappa shape index (κ1) is 16.0. The van der Waals surface area contributed by atoms with Gasteiger partial charge >= 0.3 is 0 Å². The number of hydrogen-bond acceptors (Lipinski definition) is 4. The maximum absolute atomic E-state index is 4.67. The summed E-state index contributed by atoms with van der Waals surface area (Å²) >= 11 is 0. The van der Waals surface area contributed by atoms with Gasteiger partial charge in [-0.05, 0) is 45.4 Å². The molecule has 2 aromatic rings. The number of nitrogens with one attached hydrogen (secondary N) is 1. The van der Waals surface area contributed by atoms with Crippen molar-refractivity contribution in [1.82, 2.24) is 19.7 Å². The largest absolute Gasteiger partial charge is 0.366 e. The van der Waals surface area contributed by atoms with Crippen LogP contribution in [0.15, 0.2) is 0 Å². The zero-order chi connectivity index (χ0) is 16.4. The Morgan fingerprint density at radius 1 is 1.09 bits per heavy atom. The Balaban J connectivity index is 1.88. The van der Waals surface area contributed by atoms with Gasteiger partial charge in [-0.3, -0.25) is 4.68 Å². The Morgan fingerprint density at radius 3 is 2.61 bits per heavy atom. The van der Waals surface area contributed by atoms with Gasteiger partial charge < -0.3 is 5.32 Å². The fraction of sp³-hybridized carbons (Fsp3) is 0.611. The van der Waals surface area contributed by atoms with Crippen LogP contribution in [-0.2, 0) is 39.3 Å². The van der Waals surface area contributed by atoms with Crippen LogP contribution in [0.5, 0.6) is 0 Å². The number of aromatic nitrogens is 4. The minimum atomic E-state index is 0.795. The average Bonchev–Trinajstić information content (AvgIpc) is 2.87. The highest BCUT2D eigenvalue weighted by Gasteiger charge is 2.18. The van der Waals surface area contributed by atoms with Gasteiger partial charge in [-0.1, -0.05) is 13.8 Å². The number of nitrogens with zero attached hydrogens (tertiary/aromatic N) is 4. The Hall–Kier alpha value is -1.91. The van der Waals surface area contributed by atoms with E-state index in [1.807, 2.05) is 18.7 Å². The van der Waals surface area contributed by atoms with E-state index in [1.165, 1.54) is 41.1 Å². The first-order valence-electron chi connectivity index (χ1n) is 8.77. The highest BCUT2D eigenvalue weighted by Crippen LogP contribution is 2.26. The van der Waals surface area contributed by atoms with Gasteiger partial charge in [0.05, 0.1) is 5.69 Å². The summed E-state index contributed by atoms with van der Waals surface area (Å²) in [5, 5.41) is 8.25. The van der Waals surface area contributed by atoms with Crippen molar-refractivity contribution >= 4 is 5.82 Å². The average molecular weight is 313 g/mol. The minimum Gasteiger partial charge on any atom is -0.366 e. The number of rotatable bonds is 5. The van der Waals surface area contributed by atoms with Crippen molar-refractivity contribution in [1.29, 1.82) is 0 Å². The lowest BCUT2D eigenvalue weighted by Gasteiger charge is -2.19. The van der Waals surface area contributed by atoms with Crippen molar-refractivity contribution in [2.45, 2.75) is 65.8 Å². The summed E-state index contributed by atoms with van der Waals surface area (Å²) in [6, 6.07) is 0. The molecule has 0 aromatic carbocycles. The molecule has 1 aliphatic carbocycles. The highest BCUT2D eigenvalue weighted by molar-refractivity contribution is 5.48. The van der Waals surface area contributed by atoms with Gasteiger partial charge in [0.15, 0.2) is 0 Å². The summed E-state index contributed by atoms with van der Waals surface area (Å²) in [7, 11) is 2.04. The fourth-order valence-corrected chi connectivity index (χ4v) is 3.63. The van der Waals surface area contributed by atoms with Gasteiger partial charge in [0.1, 0.15) is 11.6 Å². The Kier molecular flexibility index (Phi) is 4.64. The van der Waals surface area contributed by atoms with Crippen molar-refractivity contribution in [3.05, 3.63) is 34.0 Å². The molecule has 5 heteroatoms. The zero-order valence-corrected chi connectivity index (χ0v) is 14.7. The SMILES string of the molecule is CCc1nn(C)c(CC)c1CNc1nc(C)nc2c1CCCC2. The van der Waals surface area contributed by atoms with Crippen LogP contribution in [0.1, 0.15) is 60.7 Å². The van der Waals surface area contributed by atoms with E-state index in [0.29, 0.717) is 0 Å². The maximum atomic E-state index is 4.67. The molecule has 23 heavy (non-hydrogen) atoms. The minimum absolute atomic E-state index is 0.795. The van der Waals surface area contributed by atoms with Gasteiger partial charge in [0.25, 0.3) is 0 Å². The highest BCUT2D eigenvalue weighted by atomic mass is 15.3. The third-order valence-corrected chi connectivity index (χ3v) is 4.76. The van der Waals surface area contributed by atoms with E-state index in [1.54, 1.807) is 0 Å². The molecule has 3 rings (SSSR count). The summed E-state index contributed by atoms with van der Waals surface area (Å²) in [6.07, 6.45) is 6.62. The molecule has 1 aliphatic rings. The molecular weight excluding hydrogens is 286 g/mol. The summed E-state index contributed by atoms with van der Waals surface area (Å²) in [5.74, 6) is 1.89. The standard InChI is InChI=1S/C18H27N5/c1-5-15-14(17(6-2)23(4)22-15)11-19-18-13-9-7-8-10-16(13)20-12(3)21-18/h5-11H2,1-4H3,(H,19,20,21). The van der Waals surface area contributed by atoms with Crippen molar-refractivity contribution in [3.8, 4) is 0 Å². The normalized spacial score (nSPS) is 13.9. The van der Waals surface area contributed by atoms with Crippen LogP contribution in [0.25, 0.3) is 0 Å². The topological polar surface area (TPSA) is 55.6 Å². The Bertz CT molecular complexity index is 702. The molecule has 2 heterocycles. The monoisotopic (exact) mass is 313 g/mol. The van der Waals surface area contributed by atoms with E-state index in [4.69, 9.17) is 0 Å². The summed E-state index contributed by atoms with van der Waals surface area (Å²) in [5.41, 5.74) is 6.40. The van der Waals surface area contributed by atoms with Gasteiger partial charge in [0, 0.05) is 36.1 Å². The lowest BCUT2D eigenvalue weighted by molar-refractivity contribution is 0.659. The quantitative estimate of drug-likeness (QED) is 0.921. The molecule has 0 saturated heterocycles. The predicted octanol–water partition coefficient (Wildman–Crippen LogP) is 3.13. The number of fused-ring (bicyclic) bond motifs is 1. The van der Waals surface area contributed by atoms with Crippen LogP contribution in [0.2, 0.25) is 0 Å². The van der Waals surface area contributed by atoms with Crippen LogP contribution in [0.4, 0.5) is 5.82 Å². The summed E-state index contributed by atoms with van der Waals surface area (Å²) < 4.78 is 2.02. The maximum Gasteiger partial charge on any atom is 0.133 e. The molecule has 0 aliphatic heterocycles. The second-order valence-electron chi connectivity index (χ2n) is 6.31. The van der Waals surface area contributed by atoms with Crippen molar-refractivity contribution < 1.29 is 0 Å². The van der Waals surface area contributed by atoms with Gasteiger partial charge in [-0.15, -0.1) is 0 Å². The van der Waals surface area contributed by atoms with E-state index in [2.05, 4.69) is 34.2 Å². The zero-order valence-electron chi connectivity index (χ0n) is 14.7. The first-order chi connectivity index (χ1) is 11.1. The molecule has 0 fully saturated rings. The molecule has 0 amide bonds. The van der Waals surface area contributed by atoms with Crippen LogP contribution in [0, 0.1) is 6.92 Å². The third kappa shape index (κ3) is 3.09. The number of anilines is 1. The van der Waals surface area contributed by atoms with Crippen LogP contribution in [-0.4, -0.2) is 19.7 Å². The molecule has 0 radical (unpaired) electrons. The molecule has 0 saturated carbocycles. The van der Waals surface area contributed by atoms with E-state index >= 15 is 0 Å². The lowest BCUT2D eigenvalue weighted by atomic mass is 9.96. The van der Waals surface area contributed by atoms with Crippen LogP contribution >= 0.6 is 0 Å². The molecule has 1 N–H and O–H groups in total. The Labute approximate surface area is 138 Å². The van der Waals surface area contributed by atoms with Crippen molar-refractivity contribution in [2.75, 3.05) is 5.32 Å². The number of aryl methyl sites for hydroxylation is 4. The third-order valence-electron chi connectivity index (χ3n) is 4.76. The molecule has 0 unspecified atom stereocenters. The van der Waals surface area contributed by atoms with E-state index < -0.39 is 0 Å². The van der Waals surface area contributed by atoms with E-state index in [-0.39, 0.29) is 0 Å². The van der Waals surface area contributed by atoms with E-state index in [9.17, 15) is 0 Å². The number of hydrogen-bond donors (Lipinski definition) is 1. The van der Waals surface area contributed by atoms with Gasteiger partial charge in [-0.2, -0.15) is 5.10 Å². The summed E-state index contributed by atoms with van der Waals surface area (Å²) in [6.45, 7) is 7.14. The Morgan fingerprint density at radius 2 is 1.87 bits per heavy atom. The van der Waals surface area contributed by atoms with Crippen molar-refractivity contribution in [2.24, 2.45) is 7.05 Å². The molecular formula is C18H27N5. The molecule has 2 aromatic heterocycles. The predicted molar refractivity (Wildman–Crippen MR) is 92.7 cm³/mol. The van der Waals surface area contributed by atoms with Crippen LogP contribution < -0.4 is 5.32 Å². The molecule has 5 nitrogen and oxygen atoms in total. The van der Waals surface area contributed by atoms with Crippen LogP contribution in [0.3, 0.4) is 0 Å². The smallest absolute Gasteiger partial charge is 0.133 e. The second kappa shape index (κ2) is 6.69. The molecule has 0 atom stereocenters.